The fourth-order valence-corrected chi connectivity index (χ4v) is 1.66. The standard InChI is InChI=1S/C13H10ClNO2/c1-17-12(16)7-6-10-8-9-4-2-3-5-11(9)15-13(10)14/h2-8H,1H3/b7-6+. The summed E-state index contributed by atoms with van der Waals surface area (Å²) in [4.78, 5) is 15.2. The van der Waals surface area contributed by atoms with E-state index in [-0.39, 0.29) is 0 Å². The molecule has 0 fully saturated rings. The van der Waals surface area contributed by atoms with Crippen LogP contribution in [0.2, 0.25) is 5.15 Å². The lowest BCUT2D eigenvalue weighted by Crippen LogP contribution is -1.93. The lowest BCUT2D eigenvalue weighted by molar-refractivity contribution is -0.134. The number of para-hydroxylation sites is 1. The molecule has 0 saturated heterocycles. The fourth-order valence-electron chi connectivity index (χ4n) is 1.45. The van der Waals surface area contributed by atoms with Crippen molar-refractivity contribution in [3.8, 4) is 0 Å². The first-order valence-corrected chi connectivity index (χ1v) is 5.40. The summed E-state index contributed by atoms with van der Waals surface area (Å²) < 4.78 is 4.51. The molecule has 0 saturated carbocycles. The van der Waals surface area contributed by atoms with Crippen LogP contribution in [-0.4, -0.2) is 18.1 Å². The molecule has 0 radical (unpaired) electrons. The number of esters is 1. The first kappa shape index (κ1) is 11.6. The van der Waals surface area contributed by atoms with Gasteiger partial charge in [0.15, 0.2) is 0 Å². The lowest BCUT2D eigenvalue weighted by Gasteiger charge is -2.01. The topological polar surface area (TPSA) is 39.2 Å². The van der Waals surface area contributed by atoms with Gasteiger partial charge in [-0.15, -0.1) is 0 Å². The molecule has 0 aliphatic rings. The summed E-state index contributed by atoms with van der Waals surface area (Å²) in [7, 11) is 1.33. The van der Waals surface area contributed by atoms with Crippen molar-refractivity contribution < 1.29 is 9.53 Å². The van der Waals surface area contributed by atoms with E-state index in [1.165, 1.54) is 13.2 Å². The highest BCUT2D eigenvalue weighted by Gasteiger charge is 2.02. The molecule has 1 aromatic heterocycles. The summed E-state index contributed by atoms with van der Waals surface area (Å²) in [5.41, 5.74) is 1.52. The van der Waals surface area contributed by atoms with Crippen molar-refractivity contribution >= 4 is 34.5 Å². The zero-order chi connectivity index (χ0) is 12.3. The number of ether oxygens (including phenoxy) is 1. The molecule has 1 aromatic carbocycles. The monoisotopic (exact) mass is 247 g/mol. The molecule has 0 amide bonds. The molecule has 0 atom stereocenters. The van der Waals surface area contributed by atoms with Gasteiger partial charge in [0.2, 0.25) is 0 Å². The molecule has 3 nitrogen and oxygen atoms in total. The molecule has 0 bridgehead atoms. The van der Waals surface area contributed by atoms with E-state index in [0.29, 0.717) is 10.7 Å². The summed E-state index contributed by atoms with van der Waals surface area (Å²) in [5, 5.41) is 1.34. The Morgan fingerprint density at radius 3 is 2.94 bits per heavy atom. The Morgan fingerprint density at radius 2 is 2.18 bits per heavy atom. The van der Waals surface area contributed by atoms with E-state index < -0.39 is 5.97 Å². The summed E-state index contributed by atoms with van der Waals surface area (Å²) in [5.74, 6) is -0.422. The molecule has 0 N–H and O–H groups in total. The highest BCUT2D eigenvalue weighted by atomic mass is 35.5. The third kappa shape index (κ3) is 2.63. The first-order chi connectivity index (χ1) is 8.20. The molecular formula is C13H10ClNO2. The Labute approximate surface area is 104 Å². The van der Waals surface area contributed by atoms with E-state index in [1.807, 2.05) is 30.3 Å². The number of hydrogen-bond acceptors (Lipinski definition) is 3. The second kappa shape index (κ2) is 4.97. The fraction of sp³-hybridized carbons (Fsp3) is 0.0769. The number of hydrogen-bond donors (Lipinski definition) is 0. The van der Waals surface area contributed by atoms with Crippen LogP contribution in [0.4, 0.5) is 0 Å². The Bertz CT molecular complexity index is 593. The molecule has 0 aliphatic carbocycles. The van der Waals surface area contributed by atoms with Gasteiger partial charge in [-0.05, 0) is 18.2 Å². The summed E-state index contributed by atoms with van der Waals surface area (Å²) in [6.45, 7) is 0. The Kier molecular flexibility index (Phi) is 3.40. The van der Waals surface area contributed by atoms with E-state index in [1.54, 1.807) is 6.08 Å². The van der Waals surface area contributed by atoms with Crippen LogP contribution < -0.4 is 0 Å². The maximum absolute atomic E-state index is 11.0. The van der Waals surface area contributed by atoms with Crippen LogP contribution in [0, 0.1) is 0 Å². The SMILES string of the molecule is COC(=O)/C=C/c1cc2ccccc2nc1Cl. The number of halogens is 1. The van der Waals surface area contributed by atoms with Crippen LogP contribution in [-0.2, 0) is 9.53 Å². The average molecular weight is 248 g/mol. The Balaban J connectivity index is 2.44. The molecule has 17 heavy (non-hydrogen) atoms. The van der Waals surface area contributed by atoms with Gasteiger partial charge >= 0.3 is 5.97 Å². The quantitative estimate of drug-likeness (QED) is 0.465. The third-order valence-electron chi connectivity index (χ3n) is 2.30. The van der Waals surface area contributed by atoms with E-state index in [9.17, 15) is 4.79 Å². The van der Waals surface area contributed by atoms with Gasteiger partial charge in [-0.25, -0.2) is 9.78 Å². The maximum atomic E-state index is 11.0. The number of rotatable bonds is 2. The van der Waals surface area contributed by atoms with Crippen LogP contribution in [0.15, 0.2) is 36.4 Å². The summed E-state index contributed by atoms with van der Waals surface area (Å²) in [6.07, 6.45) is 2.91. The predicted molar refractivity (Wildman–Crippen MR) is 67.8 cm³/mol. The second-order valence-corrected chi connectivity index (χ2v) is 3.78. The Hall–Kier alpha value is -1.87. The molecule has 0 aliphatic heterocycles. The van der Waals surface area contributed by atoms with Crippen molar-refractivity contribution in [2.24, 2.45) is 0 Å². The van der Waals surface area contributed by atoms with Gasteiger partial charge in [0.25, 0.3) is 0 Å². The molecule has 86 valence electrons. The normalized spacial score (nSPS) is 10.9. The van der Waals surface area contributed by atoms with Crippen molar-refractivity contribution in [2.75, 3.05) is 7.11 Å². The third-order valence-corrected chi connectivity index (χ3v) is 2.61. The van der Waals surface area contributed by atoms with Crippen LogP contribution in [0.5, 0.6) is 0 Å². The smallest absolute Gasteiger partial charge is 0.330 e. The summed E-state index contributed by atoms with van der Waals surface area (Å²) in [6, 6.07) is 9.52. The van der Waals surface area contributed by atoms with Crippen LogP contribution in [0.1, 0.15) is 5.56 Å². The zero-order valence-electron chi connectivity index (χ0n) is 9.18. The number of nitrogens with zero attached hydrogens (tertiary/aromatic N) is 1. The number of carbonyl (C=O) groups is 1. The molecule has 2 aromatic rings. The number of fused-ring (bicyclic) bond motifs is 1. The first-order valence-electron chi connectivity index (χ1n) is 5.02. The average Bonchev–Trinajstić information content (AvgIpc) is 2.35. The number of benzene rings is 1. The molecule has 0 unspecified atom stereocenters. The summed E-state index contributed by atoms with van der Waals surface area (Å²) >= 11 is 6.02. The van der Waals surface area contributed by atoms with Crippen molar-refractivity contribution in [1.29, 1.82) is 0 Å². The minimum atomic E-state index is -0.422. The van der Waals surface area contributed by atoms with Gasteiger partial charge in [0.05, 0.1) is 12.6 Å². The van der Waals surface area contributed by atoms with Gasteiger partial charge in [-0.3, -0.25) is 0 Å². The van der Waals surface area contributed by atoms with Gasteiger partial charge in [0.1, 0.15) is 5.15 Å². The van der Waals surface area contributed by atoms with Crippen molar-refractivity contribution in [1.82, 2.24) is 4.98 Å². The largest absolute Gasteiger partial charge is 0.466 e. The predicted octanol–water partition coefficient (Wildman–Crippen LogP) is 3.07. The zero-order valence-corrected chi connectivity index (χ0v) is 9.94. The number of aromatic nitrogens is 1. The van der Waals surface area contributed by atoms with Crippen molar-refractivity contribution in [2.45, 2.75) is 0 Å². The maximum Gasteiger partial charge on any atom is 0.330 e. The highest BCUT2D eigenvalue weighted by Crippen LogP contribution is 2.21. The van der Waals surface area contributed by atoms with E-state index in [4.69, 9.17) is 11.6 Å². The number of pyridine rings is 1. The Morgan fingerprint density at radius 1 is 1.41 bits per heavy atom. The van der Waals surface area contributed by atoms with Gasteiger partial charge in [0, 0.05) is 17.0 Å². The van der Waals surface area contributed by atoms with Crippen LogP contribution in [0.3, 0.4) is 0 Å². The van der Waals surface area contributed by atoms with Crippen LogP contribution >= 0.6 is 11.6 Å². The minimum Gasteiger partial charge on any atom is -0.466 e. The molecule has 4 heteroatoms. The lowest BCUT2D eigenvalue weighted by atomic mass is 10.1. The number of carbonyl (C=O) groups excluding carboxylic acids is 1. The van der Waals surface area contributed by atoms with Crippen molar-refractivity contribution in [3.63, 3.8) is 0 Å². The molecular weight excluding hydrogens is 238 g/mol. The minimum absolute atomic E-state index is 0.365. The van der Waals surface area contributed by atoms with Crippen LogP contribution in [0.25, 0.3) is 17.0 Å². The molecule has 1 heterocycles. The molecule has 0 spiro atoms. The molecule has 2 rings (SSSR count). The van der Waals surface area contributed by atoms with E-state index >= 15 is 0 Å². The highest BCUT2D eigenvalue weighted by molar-refractivity contribution is 6.31. The van der Waals surface area contributed by atoms with Gasteiger partial charge in [-0.1, -0.05) is 29.8 Å². The van der Waals surface area contributed by atoms with Gasteiger partial charge in [-0.2, -0.15) is 0 Å². The number of methoxy groups -OCH3 is 1. The van der Waals surface area contributed by atoms with Gasteiger partial charge < -0.3 is 4.74 Å². The van der Waals surface area contributed by atoms with Crippen molar-refractivity contribution in [3.05, 3.63) is 47.1 Å². The second-order valence-electron chi connectivity index (χ2n) is 3.42. The van der Waals surface area contributed by atoms with E-state index in [2.05, 4.69) is 9.72 Å². The van der Waals surface area contributed by atoms with E-state index in [0.717, 1.165) is 10.9 Å².